The predicted molar refractivity (Wildman–Crippen MR) is 106 cm³/mol. The van der Waals surface area contributed by atoms with Gasteiger partial charge in [0.05, 0.1) is 13.7 Å². The first-order chi connectivity index (χ1) is 15.3. The van der Waals surface area contributed by atoms with E-state index in [9.17, 15) is 35.4 Å². The van der Waals surface area contributed by atoms with Gasteiger partial charge in [-0.05, 0) is 30.3 Å². The van der Waals surface area contributed by atoms with Crippen LogP contribution in [0.5, 0.6) is 23.0 Å². The number of phenols is 2. The van der Waals surface area contributed by atoms with Gasteiger partial charge in [0.2, 0.25) is 6.29 Å². The van der Waals surface area contributed by atoms with E-state index in [1.54, 1.807) is 0 Å². The quantitative estimate of drug-likeness (QED) is 0.303. The molecule has 0 aliphatic carbocycles. The molecule has 32 heavy (non-hydrogen) atoms. The highest BCUT2D eigenvalue weighted by molar-refractivity contribution is 5.95. The summed E-state index contributed by atoms with van der Waals surface area (Å²) in [5, 5.41) is 59.1. The molecule has 174 valence electrons. The predicted octanol–water partition coefficient (Wildman–Crippen LogP) is -0.358. The molecule has 3 rings (SSSR count). The van der Waals surface area contributed by atoms with Crippen LogP contribution in [0.15, 0.2) is 36.4 Å². The summed E-state index contributed by atoms with van der Waals surface area (Å²) in [6, 6.07) is 8.10. The highest BCUT2D eigenvalue weighted by Gasteiger charge is 2.44. The molecule has 1 fully saturated rings. The summed E-state index contributed by atoms with van der Waals surface area (Å²) < 4.78 is 21.2. The number of hydrogen-bond acceptors (Lipinski definition) is 11. The molecule has 0 unspecified atom stereocenters. The Morgan fingerprint density at radius 2 is 1.78 bits per heavy atom. The van der Waals surface area contributed by atoms with E-state index in [4.69, 9.17) is 18.9 Å². The smallest absolute Gasteiger partial charge is 0.346 e. The molecule has 0 saturated carbocycles. The molecule has 0 spiro atoms. The summed E-state index contributed by atoms with van der Waals surface area (Å²) in [6.07, 6.45) is -7.49. The van der Waals surface area contributed by atoms with Gasteiger partial charge in [-0.3, -0.25) is 0 Å². The molecule has 5 atom stereocenters. The second-order valence-corrected chi connectivity index (χ2v) is 7.04. The van der Waals surface area contributed by atoms with Crippen LogP contribution in [-0.4, -0.2) is 81.0 Å². The van der Waals surface area contributed by atoms with E-state index in [-0.39, 0.29) is 34.1 Å². The second kappa shape index (κ2) is 10.0. The summed E-state index contributed by atoms with van der Waals surface area (Å²) in [7, 11) is 1.33. The zero-order valence-electron chi connectivity index (χ0n) is 17.0. The van der Waals surface area contributed by atoms with Gasteiger partial charge in [0.1, 0.15) is 59.6 Å². The standard InChI is InChI=1S/C21H24O11/c1-29-14-4-2-3-12(24)16(14)20(28)30-9-10-7-11(23)5-6-13(10)31-21-19(27)18(26)17(25)15(8-22)32-21/h2-7,15,17-19,21-27H,8-9H2,1H3/t15-,17-,18-,19-,21-/m1/s1. The number of aromatic hydroxyl groups is 2. The van der Waals surface area contributed by atoms with Crippen LogP contribution in [0.2, 0.25) is 0 Å². The van der Waals surface area contributed by atoms with Gasteiger partial charge in [0.15, 0.2) is 0 Å². The van der Waals surface area contributed by atoms with Crippen molar-refractivity contribution < 1.29 is 54.4 Å². The Morgan fingerprint density at radius 1 is 1.03 bits per heavy atom. The maximum atomic E-state index is 12.5. The number of carbonyl (C=O) groups is 1. The second-order valence-electron chi connectivity index (χ2n) is 7.04. The zero-order valence-corrected chi connectivity index (χ0v) is 17.0. The van der Waals surface area contributed by atoms with Crippen molar-refractivity contribution in [1.29, 1.82) is 0 Å². The van der Waals surface area contributed by atoms with Crippen LogP contribution in [0.3, 0.4) is 0 Å². The molecule has 6 N–H and O–H groups in total. The molecule has 1 saturated heterocycles. The van der Waals surface area contributed by atoms with Crippen LogP contribution in [0.4, 0.5) is 0 Å². The molecule has 2 aromatic carbocycles. The van der Waals surface area contributed by atoms with Crippen LogP contribution in [0.1, 0.15) is 15.9 Å². The Bertz CT molecular complexity index is 945. The maximum Gasteiger partial charge on any atom is 0.346 e. The number of carbonyl (C=O) groups excluding carboxylic acids is 1. The first-order valence-corrected chi connectivity index (χ1v) is 9.59. The summed E-state index contributed by atoms with van der Waals surface area (Å²) in [6.45, 7) is -1.04. The number of methoxy groups -OCH3 is 1. The molecule has 11 nitrogen and oxygen atoms in total. The molecule has 0 radical (unpaired) electrons. The fourth-order valence-electron chi connectivity index (χ4n) is 3.19. The molecule has 11 heteroatoms. The van der Waals surface area contributed by atoms with Crippen LogP contribution < -0.4 is 9.47 Å². The lowest BCUT2D eigenvalue weighted by molar-refractivity contribution is -0.277. The lowest BCUT2D eigenvalue weighted by atomic mass is 9.99. The molecular formula is C21H24O11. The van der Waals surface area contributed by atoms with E-state index in [0.29, 0.717) is 0 Å². The van der Waals surface area contributed by atoms with Crippen LogP contribution in [-0.2, 0) is 16.1 Å². The minimum atomic E-state index is -1.65. The van der Waals surface area contributed by atoms with Crippen molar-refractivity contribution in [3.8, 4) is 23.0 Å². The van der Waals surface area contributed by atoms with Gasteiger partial charge in [0.25, 0.3) is 0 Å². The highest BCUT2D eigenvalue weighted by Crippen LogP contribution is 2.31. The molecular weight excluding hydrogens is 428 g/mol. The van der Waals surface area contributed by atoms with Crippen molar-refractivity contribution in [1.82, 2.24) is 0 Å². The number of ether oxygens (including phenoxy) is 4. The normalized spacial score (nSPS) is 25.2. The molecule has 2 aromatic rings. The van der Waals surface area contributed by atoms with Gasteiger partial charge in [-0.2, -0.15) is 0 Å². The monoisotopic (exact) mass is 452 g/mol. The number of aliphatic hydroxyl groups excluding tert-OH is 4. The number of hydrogen-bond donors (Lipinski definition) is 6. The van der Waals surface area contributed by atoms with Gasteiger partial charge in [0, 0.05) is 5.56 Å². The highest BCUT2D eigenvalue weighted by atomic mass is 16.7. The largest absolute Gasteiger partial charge is 0.508 e. The topological polar surface area (TPSA) is 175 Å². The molecule has 0 aromatic heterocycles. The van der Waals surface area contributed by atoms with Gasteiger partial charge >= 0.3 is 5.97 Å². The summed E-state index contributed by atoms with van der Waals surface area (Å²) in [4.78, 5) is 12.5. The fraction of sp³-hybridized carbons (Fsp3) is 0.381. The van der Waals surface area contributed by atoms with Gasteiger partial charge in [-0.15, -0.1) is 0 Å². The number of phenolic OH excluding ortho intramolecular Hbond substituents is 2. The van der Waals surface area contributed by atoms with Crippen molar-refractivity contribution in [2.24, 2.45) is 0 Å². The molecule has 1 heterocycles. The lowest BCUT2D eigenvalue weighted by Crippen LogP contribution is -2.60. The lowest BCUT2D eigenvalue weighted by Gasteiger charge is -2.39. The van der Waals surface area contributed by atoms with Gasteiger partial charge < -0.3 is 49.6 Å². The average Bonchev–Trinajstić information content (AvgIpc) is 2.78. The molecule has 0 amide bonds. The van der Waals surface area contributed by atoms with E-state index in [1.807, 2.05) is 0 Å². The Morgan fingerprint density at radius 3 is 2.47 bits per heavy atom. The number of esters is 1. The average molecular weight is 452 g/mol. The Labute approximate surface area is 182 Å². The first kappa shape index (κ1) is 23.6. The summed E-state index contributed by atoms with van der Waals surface area (Å²) >= 11 is 0. The van der Waals surface area contributed by atoms with E-state index < -0.39 is 49.9 Å². The SMILES string of the molecule is COc1cccc(O)c1C(=O)OCc1cc(O)ccc1O[C@@H]1O[C@H](CO)[C@@H](O)[C@@H](O)[C@H]1O. The van der Waals surface area contributed by atoms with Crippen LogP contribution >= 0.6 is 0 Å². The zero-order chi connectivity index (χ0) is 23.4. The first-order valence-electron chi connectivity index (χ1n) is 9.59. The minimum absolute atomic E-state index is 0.0316. The van der Waals surface area contributed by atoms with Gasteiger partial charge in [-0.1, -0.05) is 6.07 Å². The number of aliphatic hydroxyl groups is 4. The van der Waals surface area contributed by atoms with Crippen molar-refractivity contribution >= 4 is 5.97 Å². The number of benzene rings is 2. The Kier molecular flexibility index (Phi) is 7.38. The summed E-state index contributed by atoms with van der Waals surface area (Å²) in [5.74, 6) is -1.28. The summed E-state index contributed by atoms with van der Waals surface area (Å²) in [5.41, 5.74) is -0.0174. The van der Waals surface area contributed by atoms with E-state index >= 15 is 0 Å². The third kappa shape index (κ3) is 4.87. The number of rotatable bonds is 7. The Hall–Kier alpha value is -3.09. The van der Waals surface area contributed by atoms with Crippen molar-refractivity contribution in [3.05, 3.63) is 47.5 Å². The van der Waals surface area contributed by atoms with Gasteiger partial charge in [-0.25, -0.2) is 4.79 Å². The Balaban J connectivity index is 1.78. The van der Waals surface area contributed by atoms with E-state index in [0.717, 1.165) is 0 Å². The van der Waals surface area contributed by atoms with Crippen molar-refractivity contribution in [2.75, 3.05) is 13.7 Å². The van der Waals surface area contributed by atoms with Crippen molar-refractivity contribution in [3.63, 3.8) is 0 Å². The third-order valence-electron chi connectivity index (χ3n) is 4.92. The van der Waals surface area contributed by atoms with E-state index in [2.05, 4.69) is 0 Å². The van der Waals surface area contributed by atoms with Crippen LogP contribution in [0.25, 0.3) is 0 Å². The molecule has 1 aliphatic rings. The van der Waals surface area contributed by atoms with E-state index in [1.165, 1.54) is 43.5 Å². The van der Waals surface area contributed by atoms with Crippen LogP contribution in [0, 0.1) is 0 Å². The molecule has 0 bridgehead atoms. The molecule has 1 aliphatic heterocycles. The van der Waals surface area contributed by atoms with Crippen molar-refractivity contribution in [2.45, 2.75) is 37.3 Å². The third-order valence-corrected chi connectivity index (χ3v) is 4.92. The maximum absolute atomic E-state index is 12.5. The minimum Gasteiger partial charge on any atom is -0.508 e. The fourth-order valence-corrected chi connectivity index (χ4v) is 3.19.